The van der Waals surface area contributed by atoms with Crippen LogP contribution in [0.15, 0.2) is 0 Å². The van der Waals surface area contributed by atoms with Crippen molar-refractivity contribution in [2.75, 3.05) is 20.1 Å². The Morgan fingerprint density at radius 1 is 0.900 bits per heavy atom. The highest BCUT2D eigenvalue weighted by Crippen LogP contribution is 1.92. The standard InChI is InChI=1S/C6H13N.3ClH/c1-7-5-3-2-4-6-7;;;/h2-6H2,1H3;3*1H. The third-order valence-electron chi connectivity index (χ3n) is 1.71. The summed E-state index contributed by atoms with van der Waals surface area (Å²) >= 11 is 0. The Morgan fingerprint density at radius 2 is 1.30 bits per heavy atom. The predicted molar refractivity (Wildman–Crippen MR) is 45.0 cm³/mol. The third-order valence-corrected chi connectivity index (χ3v) is 1.71. The van der Waals surface area contributed by atoms with E-state index in [0.29, 0.717) is 0 Å². The van der Waals surface area contributed by atoms with Crippen molar-refractivity contribution in [2.45, 2.75) is 19.3 Å². The average Bonchev–Trinajstić information content (AvgIpc) is 1.69. The van der Waals surface area contributed by atoms with E-state index in [1.165, 1.54) is 32.4 Å². The fourth-order valence-corrected chi connectivity index (χ4v) is 1.16. The van der Waals surface area contributed by atoms with Gasteiger partial charge in [-0.15, -0.1) is 24.8 Å². The fraction of sp³-hybridized carbons (Fsp3) is 1.00. The van der Waals surface area contributed by atoms with Gasteiger partial charge < -0.3 is 17.3 Å². The van der Waals surface area contributed by atoms with Crippen LogP contribution in [-0.4, -0.2) is 20.1 Å². The Kier molecular flexibility index (Phi) is 16.8. The summed E-state index contributed by atoms with van der Waals surface area (Å²) in [5.74, 6) is 0. The Balaban J connectivity index is -0.000000163. The summed E-state index contributed by atoms with van der Waals surface area (Å²) in [6, 6.07) is 0. The summed E-state index contributed by atoms with van der Waals surface area (Å²) in [5, 5.41) is 0. The molecule has 1 nitrogen and oxygen atoms in total. The van der Waals surface area contributed by atoms with Crippen LogP contribution in [0.4, 0.5) is 0 Å². The van der Waals surface area contributed by atoms with Crippen LogP contribution in [-0.2, 0) is 0 Å². The summed E-state index contributed by atoms with van der Waals surface area (Å²) in [7, 11) is 2.28. The minimum Gasteiger partial charge on any atom is -1.00 e. The van der Waals surface area contributed by atoms with E-state index in [0.717, 1.165) is 0 Å². The molecule has 0 spiro atoms. The van der Waals surface area contributed by atoms with Crippen molar-refractivity contribution in [2.24, 2.45) is 0 Å². The van der Waals surface area contributed by atoms with E-state index >= 15 is 0 Å². The van der Waals surface area contributed by atoms with Gasteiger partial charge in [-0.3, -0.25) is 0 Å². The van der Waals surface area contributed by atoms with Gasteiger partial charge in [0.1, 0.15) is 0 Å². The Labute approximate surface area is 81.8 Å². The van der Waals surface area contributed by atoms with Gasteiger partial charge in [0.05, 0.1) is 20.1 Å². The first-order valence-corrected chi connectivity index (χ1v) is 3.21. The molecule has 66 valence electrons. The molecule has 10 heavy (non-hydrogen) atoms. The molecule has 1 aliphatic heterocycles. The molecule has 0 atom stereocenters. The molecule has 1 N–H and O–H groups in total. The SMILES string of the molecule is C[NH+]1CCCCC1.Cl.Cl.[Cl-]. The molecule has 1 heterocycles. The number of rotatable bonds is 0. The Hall–Kier alpha value is 0.830. The molecule has 4 heteroatoms. The normalized spacial score (nSPS) is 17.7. The van der Waals surface area contributed by atoms with Crippen molar-refractivity contribution < 1.29 is 17.3 Å². The maximum Gasteiger partial charge on any atom is 0.0768 e. The van der Waals surface area contributed by atoms with E-state index in [9.17, 15) is 0 Å². The topological polar surface area (TPSA) is 4.44 Å². The van der Waals surface area contributed by atoms with Crippen LogP contribution in [0.5, 0.6) is 0 Å². The highest BCUT2D eigenvalue weighted by Gasteiger charge is 2.05. The van der Waals surface area contributed by atoms with Crippen molar-refractivity contribution in [1.29, 1.82) is 0 Å². The summed E-state index contributed by atoms with van der Waals surface area (Å²) in [4.78, 5) is 1.71. The van der Waals surface area contributed by atoms with E-state index in [1.807, 2.05) is 0 Å². The van der Waals surface area contributed by atoms with Gasteiger partial charge in [-0.05, 0) is 19.3 Å². The van der Waals surface area contributed by atoms with Gasteiger partial charge >= 0.3 is 0 Å². The lowest BCUT2D eigenvalue weighted by molar-refractivity contribution is -0.884. The molecule has 0 aromatic carbocycles. The summed E-state index contributed by atoms with van der Waals surface area (Å²) in [6.07, 6.45) is 4.37. The fourth-order valence-electron chi connectivity index (χ4n) is 1.16. The first kappa shape index (κ1) is 17.1. The van der Waals surface area contributed by atoms with E-state index in [1.54, 1.807) is 4.90 Å². The number of likely N-dealkylation sites (tertiary alicyclic amines) is 1. The van der Waals surface area contributed by atoms with Crippen molar-refractivity contribution >= 4 is 24.8 Å². The molecule has 0 saturated carbocycles. The second kappa shape index (κ2) is 9.83. The highest BCUT2D eigenvalue weighted by atomic mass is 35.5. The number of quaternary nitrogens is 1. The largest absolute Gasteiger partial charge is 1.00 e. The molecule has 0 aromatic heterocycles. The van der Waals surface area contributed by atoms with Crippen LogP contribution < -0.4 is 17.3 Å². The van der Waals surface area contributed by atoms with Crippen molar-refractivity contribution in [3.05, 3.63) is 0 Å². The van der Waals surface area contributed by atoms with Crippen LogP contribution in [0.25, 0.3) is 0 Å². The summed E-state index contributed by atoms with van der Waals surface area (Å²) < 4.78 is 0. The first-order chi connectivity index (χ1) is 3.39. The summed E-state index contributed by atoms with van der Waals surface area (Å²) in [6.45, 7) is 2.81. The van der Waals surface area contributed by atoms with E-state index in [4.69, 9.17) is 0 Å². The molecule has 0 unspecified atom stereocenters. The first-order valence-electron chi connectivity index (χ1n) is 3.21. The maximum absolute atomic E-state index is 2.28. The van der Waals surface area contributed by atoms with Gasteiger partial charge in [-0.25, -0.2) is 0 Å². The van der Waals surface area contributed by atoms with Gasteiger partial charge in [0, 0.05) is 0 Å². The monoisotopic (exact) mass is 207 g/mol. The molecule has 0 amide bonds. The van der Waals surface area contributed by atoms with Gasteiger partial charge in [-0.1, -0.05) is 0 Å². The van der Waals surface area contributed by atoms with E-state index < -0.39 is 0 Å². The number of nitrogens with one attached hydrogen (secondary N) is 1. The lowest BCUT2D eigenvalue weighted by Gasteiger charge is -2.17. The zero-order valence-corrected chi connectivity index (χ0v) is 8.62. The molecule has 0 radical (unpaired) electrons. The van der Waals surface area contributed by atoms with Crippen LogP contribution >= 0.6 is 24.8 Å². The van der Waals surface area contributed by atoms with Crippen LogP contribution in [0.1, 0.15) is 19.3 Å². The van der Waals surface area contributed by atoms with E-state index in [2.05, 4.69) is 7.05 Å². The van der Waals surface area contributed by atoms with E-state index in [-0.39, 0.29) is 37.2 Å². The molecule has 0 aromatic rings. The number of hydrogen-bond acceptors (Lipinski definition) is 0. The minimum atomic E-state index is 0. The summed E-state index contributed by atoms with van der Waals surface area (Å²) in [5.41, 5.74) is 0. The third kappa shape index (κ3) is 6.94. The zero-order chi connectivity index (χ0) is 5.11. The second-order valence-corrected chi connectivity index (χ2v) is 2.52. The second-order valence-electron chi connectivity index (χ2n) is 2.52. The van der Waals surface area contributed by atoms with Gasteiger partial charge in [0.15, 0.2) is 0 Å². The minimum absolute atomic E-state index is 0. The molecular formula is C6H16Cl3N. The van der Waals surface area contributed by atoms with Crippen LogP contribution in [0, 0.1) is 0 Å². The zero-order valence-electron chi connectivity index (χ0n) is 6.23. The molecule has 1 saturated heterocycles. The lowest BCUT2D eigenvalue weighted by atomic mass is 10.1. The van der Waals surface area contributed by atoms with Gasteiger partial charge in [-0.2, -0.15) is 0 Å². The Bertz CT molecular complexity index is 55.0. The molecular weight excluding hydrogens is 192 g/mol. The number of hydrogen-bond donors (Lipinski definition) is 1. The molecule has 1 aliphatic rings. The molecule has 1 fully saturated rings. The van der Waals surface area contributed by atoms with Crippen molar-refractivity contribution in [1.82, 2.24) is 0 Å². The molecule has 0 bridgehead atoms. The van der Waals surface area contributed by atoms with Crippen molar-refractivity contribution in [3.8, 4) is 0 Å². The molecule has 0 aliphatic carbocycles. The van der Waals surface area contributed by atoms with Crippen LogP contribution in [0.3, 0.4) is 0 Å². The quantitative estimate of drug-likeness (QED) is 0.450. The van der Waals surface area contributed by atoms with Crippen molar-refractivity contribution in [3.63, 3.8) is 0 Å². The number of piperidine rings is 1. The predicted octanol–water partition coefficient (Wildman–Crippen LogP) is -2.47. The van der Waals surface area contributed by atoms with Crippen LogP contribution in [0.2, 0.25) is 0 Å². The average molecular weight is 209 g/mol. The Morgan fingerprint density at radius 3 is 1.50 bits per heavy atom. The highest BCUT2D eigenvalue weighted by molar-refractivity contribution is 5.85. The number of halogens is 3. The van der Waals surface area contributed by atoms with Gasteiger partial charge in [0.2, 0.25) is 0 Å². The van der Waals surface area contributed by atoms with Gasteiger partial charge in [0.25, 0.3) is 0 Å². The smallest absolute Gasteiger partial charge is 0.0768 e. The maximum atomic E-state index is 2.28. The lowest BCUT2D eigenvalue weighted by Crippen LogP contribution is -3.09. The molecule has 1 rings (SSSR count).